The Morgan fingerprint density at radius 1 is 1.10 bits per heavy atom. The summed E-state index contributed by atoms with van der Waals surface area (Å²) in [6.45, 7) is 2.33. The molecule has 2 amide bonds. The number of anilines is 1. The van der Waals surface area contributed by atoms with E-state index < -0.39 is 17.6 Å². The number of halogens is 1. The van der Waals surface area contributed by atoms with Crippen LogP contribution in [0.1, 0.15) is 26.5 Å². The topological polar surface area (TPSA) is 74.3 Å². The summed E-state index contributed by atoms with van der Waals surface area (Å²) in [6.07, 6.45) is 0.832. The Balaban J connectivity index is 1.30. The van der Waals surface area contributed by atoms with E-state index in [1.807, 2.05) is 18.2 Å². The molecule has 1 aliphatic heterocycles. The molecule has 0 spiro atoms. The van der Waals surface area contributed by atoms with E-state index in [2.05, 4.69) is 32.7 Å². The van der Waals surface area contributed by atoms with Gasteiger partial charge in [0.25, 0.3) is 5.91 Å². The molecule has 4 rings (SSSR count). The second-order valence-electron chi connectivity index (χ2n) is 7.05. The maximum atomic E-state index is 13.6. The minimum Gasteiger partial charge on any atom is -0.343 e. The average molecular weight is 425 g/mol. The molecular formula is C22H21FN4O2S. The van der Waals surface area contributed by atoms with Crippen LogP contribution in [0.5, 0.6) is 0 Å². The minimum absolute atomic E-state index is 0.0893. The van der Waals surface area contributed by atoms with Gasteiger partial charge in [0.2, 0.25) is 5.91 Å². The van der Waals surface area contributed by atoms with Crippen LogP contribution in [0, 0.1) is 5.82 Å². The van der Waals surface area contributed by atoms with Crippen LogP contribution in [0.4, 0.5) is 9.52 Å². The van der Waals surface area contributed by atoms with Gasteiger partial charge in [0.1, 0.15) is 5.82 Å². The van der Waals surface area contributed by atoms with Crippen molar-refractivity contribution >= 4 is 28.3 Å². The number of carbonyl (C=O) groups excluding carboxylic acids is 2. The van der Waals surface area contributed by atoms with Crippen molar-refractivity contribution in [2.45, 2.75) is 19.5 Å². The van der Waals surface area contributed by atoms with E-state index >= 15 is 0 Å². The highest BCUT2D eigenvalue weighted by Gasteiger charge is 2.21. The van der Waals surface area contributed by atoms with Crippen LogP contribution in [-0.4, -0.2) is 34.8 Å². The molecule has 0 unspecified atom stereocenters. The van der Waals surface area contributed by atoms with Gasteiger partial charge in [-0.25, -0.2) is 9.37 Å². The van der Waals surface area contributed by atoms with Gasteiger partial charge in [-0.05, 0) is 17.7 Å². The zero-order valence-electron chi connectivity index (χ0n) is 16.2. The smallest absolute Gasteiger partial charge is 0.254 e. The number of benzene rings is 2. The first-order valence-corrected chi connectivity index (χ1v) is 10.5. The van der Waals surface area contributed by atoms with Gasteiger partial charge in [-0.1, -0.05) is 42.5 Å². The van der Waals surface area contributed by atoms with E-state index in [9.17, 15) is 14.0 Å². The first-order valence-electron chi connectivity index (χ1n) is 9.66. The van der Waals surface area contributed by atoms with Crippen LogP contribution in [0.3, 0.4) is 0 Å². The third kappa shape index (κ3) is 4.90. The molecule has 0 saturated carbocycles. The summed E-state index contributed by atoms with van der Waals surface area (Å²) in [4.78, 5) is 32.2. The molecule has 8 heteroatoms. The van der Waals surface area contributed by atoms with Crippen LogP contribution in [-0.2, 0) is 24.3 Å². The van der Waals surface area contributed by atoms with Crippen molar-refractivity contribution in [2.75, 3.05) is 18.4 Å². The Morgan fingerprint density at radius 2 is 1.87 bits per heavy atom. The number of amides is 2. The van der Waals surface area contributed by atoms with E-state index in [-0.39, 0.29) is 12.1 Å². The highest BCUT2D eigenvalue weighted by Crippen LogP contribution is 2.29. The Hall–Kier alpha value is -3.10. The minimum atomic E-state index is -0.627. The maximum Gasteiger partial charge on any atom is 0.254 e. The van der Waals surface area contributed by atoms with Crippen molar-refractivity contribution in [3.05, 3.63) is 82.1 Å². The normalized spacial score (nSPS) is 13.5. The van der Waals surface area contributed by atoms with Crippen molar-refractivity contribution < 1.29 is 14.0 Å². The number of fused-ring (bicyclic) bond motifs is 1. The van der Waals surface area contributed by atoms with E-state index in [0.717, 1.165) is 36.6 Å². The lowest BCUT2D eigenvalue weighted by atomic mass is 10.1. The molecule has 0 aliphatic carbocycles. The number of rotatable bonds is 6. The monoisotopic (exact) mass is 424 g/mol. The fourth-order valence-corrected chi connectivity index (χ4v) is 4.41. The molecule has 0 atom stereocenters. The van der Waals surface area contributed by atoms with Crippen molar-refractivity contribution in [1.82, 2.24) is 15.2 Å². The lowest BCUT2D eigenvalue weighted by molar-refractivity contribution is -0.115. The van der Waals surface area contributed by atoms with Crippen molar-refractivity contribution in [3.63, 3.8) is 0 Å². The Bertz CT molecular complexity index is 1050. The summed E-state index contributed by atoms with van der Waals surface area (Å²) >= 11 is 1.45. The molecule has 2 N–H and O–H groups in total. The fourth-order valence-electron chi connectivity index (χ4n) is 3.34. The third-order valence-electron chi connectivity index (χ3n) is 4.83. The molecule has 0 radical (unpaired) electrons. The summed E-state index contributed by atoms with van der Waals surface area (Å²) < 4.78 is 13.6. The average Bonchev–Trinajstić information content (AvgIpc) is 3.14. The SMILES string of the molecule is O=C(CNC(=O)c1ccccc1F)Nc1nc2c(s1)CN(Cc1ccccc1)CC2. The summed E-state index contributed by atoms with van der Waals surface area (Å²) in [5.41, 5.74) is 2.19. The molecule has 154 valence electrons. The first kappa shape index (κ1) is 20.2. The number of nitrogens with one attached hydrogen (secondary N) is 2. The molecule has 6 nitrogen and oxygen atoms in total. The number of hydrogen-bond donors (Lipinski definition) is 2. The summed E-state index contributed by atoms with van der Waals surface area (Å²) in [5.74, 6) is -1.65. The molecule has 1 aliphatic rings. The predicted octanol–water partition coefficient (Wildman–Crippen LogP) is 3.21. The van der Waals surface area contributed by atoms with Crippen LogP contribution < -0.4 is 10.6 Å². The van der Waals surface area contributed by atoms with Crippen molar-refractivity contribution in [2.24, 2.45) is 0 Å². The fraction of sp³-hybridized carbons (Fsp3) is 0.227. The zero-order valence-corrected chi connectivity index (χ0v) is 17.0. The van der Waals surface area contributed by atoms with Crippen LogP contribution in [0.25, 0.3) is 0 Å². The molecule has 1 aromatic heterocycles. The van der Waals surface area contributed by atoms with Gasteiger partial charge in [-0.3, -0.25) is 14.5 Å². The van der Waals surface area contributed by atoms with Gasteiger partial charge in [-0.15, -0.1) is 11.3 Å². The molecule has 0 fully saturated rings. The molecule has 2 aromatic carbocycles. The molecule has 3 aromatic rings. The van der Waals surface area contributed by atoms with Gasteiger partial charge < -0.3 is 10.6 Å². The van der Waals surface area contributed by atoms with Crippen LogP contribution in [0.15, 0.2) is 54.6 Å². The Kier molecular flexibility index (Phi) is 6.15. The van der Waals surface area contributed by atoms with Gasteiger partial charge in [0.15, 0.2) is 5.13 Å². The van der Waals surface area contributed by atoms with Gasteiger partial charge in [0, 0.05) is 30.9 Å². The van der Waals surface area contributed by atoms with E-state index in [0.29, 0.717) is 5.13 Å². The largest absolute Gasteiger partial charge is 0.343 e. The zero-order chi connectivity index (χ0) is 20.9. The van der Waals surface area contributed by atoms with Crippen molar-refractivity contribution in [3.8, 4) is 0 Å². The summed E-state index contributed by atoms with van der Waals surface area (Å²) in [7, 11) is 0. The highest BCUT2D eigenvalue weighted by molar-refractivity contribution is 7.15. The quantitative estimate of drug-likeness (QED) is 0.637. The number of carbonyl (C=O) groups is 2. The van der Waals surface area contributed by atoms with E-state index in [1.54, 1.807) is 6.07 Å². The standard InChI is InChI=1S/C22H21FN4O2S/c23-17-9-5-4-8-16(17)21(29)24-12-20(28)26-22-25-18-10-11-27(14-19(18)30-22)13-15-6-2-1-3-7-15/h1-9H,10-14H2,(H,24,29)(H,25,26,28). The number of nitrogens with zero attached hydrogens (tertiary/aromatic N) is 2. The highest BCUT2D eigenvalue weighted by atomic mass is 32.1. The maximum absolute atomic E-state index is 13.6. The lowest BCUT2D eigenvalue weighted by Gasteiger charge is -2.25. The van der Waals surface area contributed by atoms with Crippen LogP contribution in [0.2, 0.25) is 0 Å². The summed E-state index contributed by atoms with van der Waals surface area (Å²) in [6, 6.07) is 16.0. The van der Waals surface area contributed by atoms with Gasteiger partial charge in [0.05, 0.1) is 17.8 Å². The molecule has 0 bridgehead atoms. The van der Waals surface area contributed by atoms with E-state index in [4.69, 9.17) is 0 Å². The third-order valence-corrected chi connectivity index (χ3v) is 5.83. The second kappa shape index (κ2) is 9.15. The van der Waals surface area contributed by atoms with Gasteiger partial charge in [-0.2, -0.15) is 0 Å². The first-order chi connectivity index (χ1) is 14.6. The molecule has 2 heterocycles. The second-order valence-corrected chi connectivity index (χ2v) is 8.13. The van der Waals surface area contributed by atoms with Crippen LogP contribution >= 0.6 is 11.3 Å². The molecule has 0 saturated heterocycles. The number of thiazole rings is 1. The lowest BCUT2D eigenvalue weighted by Crippen LogP contribution is -2.33. The summed E-state index contributed by atoms with van der Waals surface area (Å²) in [5, 5.41) is 5.68. The predicted molar refractivity (Wildman–Crippen MR) is 114 cm³/mol. The Morgan fingerprint density at radius 3 is 2.67 bits per heavy atom. The van der Waals surface area contributed by atoms with E-state index in [1.165, 1.54) is 35.1 Å². The number of hydrogen-bond acceptors (Lipinski definition) is 5. The number of aromatic nitrogens is 1. The molecular weight excluding hydrogens is 403 g/mol. The van der Waals surface area contributed by atoms with Crippen molar-refractivity contribution in [1.29, 1.82) is 0 Å². The molecule has 30 heavy (non-hydrogen) atoms. The van der Waals surface area contributed by atoms with Gasteiger partial charge >= 0.3 is 0 Å². The Labute approximate surface area is 177 Å².